The molecule has 0 saturated carbocycles. The Morgan fingerprint density at radius 2 is 2.05 bits per heavy atom. The molecule has 5 heteroatoms. The molecule has 1 saturated heterocycles. The van der Waals surface area contributed by atoms with E-state index in [2.05, 4.69) is 10.6 Å². The fraction of sp³-hybridized carbons (Fsp3) is 0.500. The molecule has 0 aliphatic carbocycles. The fourth-order valence-corrected chi connectivity index (χ4v) is 2.61. The van der Waals surface area contributed by atoms with Crippen molar-refractivity contribution < 1.29 is 4.79 Å². The summed E-state index contributed by atoms with van der Waals surface area (Å²) in [4.78, 5) is 13.5. The predicted molar refractivity (Wildman–Crippen MR) is 84.3 cm³/mol. The van der Waals surface area contributed by atoms with Crippen molar-refractivity contribution in [2.45, 2.75) is 24.7 Å². The van der Waals surface area contributed by atoms with Crippen molar-refractivity contribution >= 4 is 35.8 Å². The van der Waals surface area contributed by atoms with E-state index in [1.165, 1.54) is 4.90 Å². The first-order valence-electron chi connectivity index (χ1n) is 6.30. The summed E-state index contributed by atoms with van der Waals surface area (Å²) in [6.07, 6.45) is 4.06. The van der Waals surface area contributed by atoms with E-state index in [0.29, 0.717) is 0 Å². The number of carbonyl (C=O) groups excluding carboxylic acids is 1. The standard InChI is InChI=1S/C14H20N2OS.ClH/c1-14(8-3-9-15-10-14)13(17)16-11-4-6-12(18-2)7-5-11;/h4-7,15H,3,8-10H2,1-2H3,(H,16,17);1H. The first-order chi connectivity index (χ1) is 8.64. The zero-order chi connectivity index (χ0) is 13.0. The normalized spacial score (nSPS) is 22.4. The maximum Gasteiger partial charge on any atom is 0.231 e. The Balaban J connectivity index is 0.00000180. The molecule has 19 heavy (non-hydrogen) atoms. The molecule has 2 rings (SSSR count). The van der Waals surface area contributed by atoms with Crippen LogP contribution >= 0.6 is 24.2 Å². The number of hydrogen-bond donors (Lipinski definition) is 2. The van der Waals surface area contributed by atoms with Crippen LogP contribution < -0.4 is 10.6 Å². The van der Waals surface area contributed by atoms with Crippen molar-refractivity contribution in [3.05, 3.63) is 24.3 Å². The van der Waals surface area contributed by atoms with Crippen LogP contribution in [0.3, 0.4) is 0 Å². The van der Waals surface area contributed by atoms with Crippen molar-refractivity contribution in [2.24, 2.45) is 5.41 Å². The van der Waals surface area contributed by atoms with E-state index in [-0.39, 0.29) is 23.7 Å². The monoisotopic (exact) mass is 300 g/mol. The van der Waals surface area contributed by atoms with Crippen LogP contribution in [0.15, 0.2) is 29.2 Å². The Labute approximate surface area is 125 Å². The molecular formula is C14H21ClN2OS. The van der Waals surface area contributed by atoms with Gasteiger partial charge in [0.1, 0.15) is 0 Å². The van der Waals surface area contributed by atoms with E-state index in [1.807, 2.05) is 37.4 Å². The van der Waals surface area contributed by atoms with Crippen LogP contribution in [0, 0.1) is 5.41 Å². The number of hydrogen-bond acceptors (Lipinski definition) is 3. The van der Waals surface area contributed by atoms with Crippen molar-refractivity contribution in [3.63, 3.8) is 0 Å². The molecule has 1 atom stereocenters. The van der Waals surface area contributed by atoms with Gasteiger partial charge in [0.25, 0.3) is 0 Å². The van der Waals surface area contributed by atoms with E-state index in [9.17, 15) is 4.79 Å². The van der Waals surface area contributed by atoms with Crippen LogP contribution in [0.1, 0.15) is 19.8 Å². The zero-order valence-corrected chi connectivity index (χ0v) is 13.0. The maximum absolute atomic E-state index is 12.3. The summed E-state index contributed by atoms with van der Waals surface area (Å²) >= 11 is 1.70. The van der Waals surface area contributed by atoms with Crippen molar-refractivity contribution in [1.82, 2.24) is 5.32 Å². The summed E-state index contributed by atoms with van der Waals surface area (Å²) in [7, 11) is 0. The first kappa shape index (κ1) is 16.3. The maximum atomic E-state index is 12.3. The number of halogens is 1. The van der Waals surface area contributed by atoms with Crippen molar-refractivity contribution in [2.75, 3.05) is 24.7 Å². The molecule has 1 aliphatic rings. The average molecular weight is 301 g/mol. The van der Waals surface area contributed by atoms with Gasteiger partial charge in [-0.3, -0.25) is 4.79 Å². The summed E-state index contributed by atoms with van der Waals surface area (Å²) < 4.78 is 0. The molecule has 106 valence electrons. The Hall–Kier alpha value is -0.710. The lowest BCUT2D eigenvalue weighted by atomic mass is 9.82. The lowest BCUT2D eigenvalue weighted by Crippen LogP contribution is -2.46. The molecule has 1 unspecified atom stereocenters. The molecule has 1 aromatic rings. The molecular weight excluding hydrogens is 280 g/mol. The number of nitrogens with one attached hydrogen (secondary N) is 2. The molecule has 0 spiro atoms. The molecule has 0 aromatic heterocycles. The summed E-state index contributed by atoms with van der Waals surface area (Å²) in [5.74, 6) is 0.117. The van der Waals surface area contributed by atoms with Crippen LogP contribution in [-0.2, 0) is 4.79 Å². The molecule has 0 radical (unpaired) electrons. The molecule has 1 amide bonds. The van der Waals surface area contributed by atoms with Gasteiger partial charge in [-0.1, -0.05) is 0 Å². The number of carbonyl (C=O) groups is 1. The number of amides is 1. The lowest BCUT2D eigenvalue weighted by molar-refractivity contribution is -0.125. The number of benzene rings is 1. The van der Waals surface area contributed by atoms with Crippen LogP contribution in [0.5, 0.6) is 0 Å². The van der Waals surface area contributed by atoms with Crippen LogP contribution in [0.4, 0.5) is 5.69 Å². The summed E-state index contributed by atoms with van der Waals surface area (Å²) in [6.45, 7) is 3.82. The molecule has 1 aromatic carbocycles. The van der Waals surface area contributed by atoms with Gasteiger partial charge >= 0.3 is 0 Å². The number of anilines is 1. The van der Waals surface area contributed by atoms with E-state index >= 15 is 0 Å². The highest BCUT2D eigenvalue weighted by Crippen LogP contribution is 2.27. The second-order valence-corrected chi connectivity index (χ2v) is 5.90. The fourth-order valence-electron chi connectivity index (χ4n) is 2.21. The third-order valence-electron chi connectivity index (χ3n) is 3.49. The minimum atomic E-state index is -0.281. The van der Waals surface area contributed by atoms with Crippen LogP contribution in [-0.4, -0.2) is 25.3 Å². The minimum Gasteiger partial charge on any atom is -0.326 e. The lowest BCUT2D eigenvalue weighted by Gasteiger charge is -2.32. The van der Waals surface area contributed by atoms with Crippen LogP contribution in [0.25, 0.3) is 0 Å². The van der Waals surface area contributed by atoms with Gasteiger partial charge in [-0.25, -0.2) is 0 Å². The Kier molecular flexibility index (Phi) is 6.17. The van der Waals surface area contributed by atoms with Gasteiger partial charge in [-0.05, 0) is 56.8 Å². The summed E-state index contributed by atoms with van der Waals surface area (Å²) in [5.41, 5.74) is 0.598. The number of piperidine rings is 1. The van der Waals surface area contributed by atoms with E-state index in [4.69, 9.17) is 0 Å². The second kappa shape index (κ2) is 7.17. The molecule has 1 fully saturated rings. The van der Waals surface area contributed by atoms with Crippen LogP contribution in [0.2, 0.25) is 0 Å². The van der Waals surface area contributed by atoms with Crippen molar-refractivity contribution in [3.8, 4) is 0 Å². The molecule has 1 aliphatic heterocycles. The highest BCUT2D eigenvalue weighted by Gasteiger charge is 2.34. The molecule has 2 N–H and O–H groups in total. The summed E-state index contributed by atoms with van der Waals surface area (Å²) in [5, 5.41) is 6.31. The molecule has 0 bridgehead atoms. The van der Waals surface area contributed by atoms with Gasteiger partial charge in [-0.2, -0.15) is 0 Å². The first-order valence-corrected chi connectivity index (χ1v) is 7.53. The quantitative estimate of drug-likeness (QED) is 0.843. The Morgan fingerprint density at radius 3 is 2.58 bits per heavy atom. The smallest absolute Gasteiger partial charge is 0.231 e. The van der Waals surface area contributed by atoms with E-state index in [1.54, 1.807) is 11.8 Å². The topological polar surface area (TPSA) is 41.1 Å². The SMILES string of the molecule is CSc1ccc(NC(=O)C2(C)CCCNC2)cc1.Cl. The van der Waals surface area contributed by atoms with Crippen molar-refractivity contribution in [1.29, 1.82) is 0 Å². The summed E-state index contributed by atoms with van der Waals surface area (Å²) in [6, 6.07) is 7.98. The van der Waals surface area contributed by atoms with Gasteiger partial charge in [0, 0.05) is 17.1 Å². The average Bonchev–Trinajstić information content (AvgIpc) is 2.40. The van der Waals surface area contributed by atoms with Gasteiger partial charge in [0.15, 0.2) is 0 Å². The predicted octanol–water partition coefficient (Wildman–Crippen LogP) is 3.16. The zero-order valence-electron chi connectivity index (χ0n) is 11.4. The minimum absolute atomic E-state index is 0. The second-order valence-electron chi connectivity index (χ2n) is 5.02. The molecule has 3 nitrogen and oxygen atoms in total. The van der Waals surface area contributed by atoms with Gasteiger partial charge < -0.3 is 10.6 Å². The van der Waals surface area contributed by atoms with E-state index in [0.717, 1.165) is 31.6 Å². The number of rotatable bonds is 3. The third kappa shape index (κ3) is 4.13. The number of thioether (sulfide) groups is 1. The molecule has 1 heterocycles. The third-order valence-corrected chi connectivity index (χ3v) is 4.24. The Bertz CT molecular complexity index is 416. The highest BCUT2D eigenvalue weighted by atomic mass is 35.5. The van der Waals surface area contributed by atoms with Gasteiger partial charge in [0.2, 0.25) is 5.91 Å². The van der Waals surface area contributed by atoms with Gasteiger partial charge in [-0.15, -0.1) is 24.2 Å². The van der Waals surface area contributed by atoms with E-state index < -0.39 is 0 Å². The Morgan fingerprint density at radius 1 is 1.37 bits per heavy atom. The van der Waals surface area contributed by atoms with Gasteiger partial charge in [0.05, 0.1) is 5.41 Å². The largest absolute Gasteiger partial charge is 0.326 e. The highest BCUT2D eigenvalue weighted by molar-refractivity contribution is 7.98.